The first-order chi connectivity index (χ1) is 10.0. The molecule has 0 radical (unpaired) electrons. The van der Waals surface area contributed by atoms with E-state index in [1.165, 1.54) is 38.5 Å². The Morgan fingerprint density at radius 2 is 1.81 bits per heavy atom. The van der Waals surface area contributed by atoms with Crippen molar-refractivity contribution >= 4 is 11.6 Å². The Labute approximate surface area is 127 Å². The molecular formula is C19H26O2. The van der Waals surface area contributed by atoms with Crippen LogP contribution in [0.3, 0.4) is 0 Å². The summed E-state index contributed by atoms with van der Waals surface area (Å²) in [6.07, 6.45) is 11.0. The van der Waals surface area contributed by atoms with E-state index in [9.17, 15) is 9.59 Å². The Morgan fingerprint density at radius 3 is 2.67 bits per heavy atom. The number of fused-ring (bicyclic) bond motifs is 3. The first-order valence-electron chi connectivity index (χ1n) is 9.07. The van der Waals surface area contributed by atoms with Crippen molar-refractivity contribution < 1.29 is 9.59 Å². The standard InChI is InChI=1S/C19H26O2/c1-17-7-4-13(20)10-12(17)2-3-15-14(17)5-8-19-11-18(15,19)9-6-16(19)21/h12,14-15H,2-11H2,1H3. The largest absolute Gasteiger partial charge is 0.300 e. The summed E-state index contributed by atoms with van der Waals surface area (Å²) < 4.78 is 0. The van der Waals surface area contributed by atoms with Crippen molar-refractivity contribution in [3.8, 4) is 0 Å². The van der Waals surface area contributed by atoms with E-state index in [1.54, 1.807) is 0 Å². The molecule has 114 valence electrons. The first-order valence-corrected chi connectivity index (χ1v) is 9.07. The van der Waals surface area contributed by atoms with Crippen LogP contribution in [0.4, 0.5) is 0 Å². The quantitative estimate of drug-likeness (QED) is 0.676. The van der Waals surface area contributed by atoms with E-state index in [4.69, 9.17) is 0 Å². The van der Waals surface area contributed by atoms with Crippen LogP contribution in [0.5, 0.6) is 0 Å². The fraction of sp³-hybridized carbons (Fsp3) is 0.895. The lowest BCUT2D eigenvalue weighted by molar-refractivity contribution is -0.136. The summed E-state index contributed by atoms with van der Waals surface area (Å²) in [5.74, 6) is 3.34. The average molecular weight is 286 g/mol. The highest BCUT2D eigenvalue weighted by molar-refractivity contribution is 5.92. The van der Waals surface area contributed by atoms with Crippen molar-refractivity contribution in [1.82, 2.24) is 0 Å². The molecule has 0 aromatic carbocycles. The van der Waals surface area contributed by atoms with Gasteiger partial charge in [0.1, 0.15) is 11.6 Å². The maximum Gasteiger partial charge on any atom is 0.139 e. The second-order valence-electron chi connectivity index (χ2n) is 9.11. The number of Topliss-reactive ketones (excluding diaryl/α,β-unsaturated/α-hetero) is 2. The molecule has 0 heterocycles. The molecule has 0 bridgehead atoms. The Morgan fingerprint density at radius 1 is 0.952 bits per heavy atom. The molecule has 5 fully saturated rings. The van der Waals surface area contributed by atoms with Gasteiger partial charge in [0.15, 0.2) is 0 Å². The van der Waals surface area contributed by atoms with E-state index in [1.807, 2.05) is 0 Å². The van der Waals surface area contributed by atoms with E-state index in [-0.39, 0.29) is 5.41 Å². The third kappa shape index (κ3) is 1.28. The molecule has 0 N–H and O–H groups in total. The van der Waals surface area contributed by atoms with Gasteiger partial charge in [0.05, 0.1) is 0 Å². The predicted octanol–water partition coefficient (Wildman–Crippen LogP) is 3.92. The lowest BCUT2D eigenvalue weighted by atomic mass is 9.47. The molecule has 5 rings (SSSR count). The number of carbonyl (C=O) groups is 2. The molecule has 21 heavy (non-hydrogen) atoms. The summed E-state index contributed by atoms with van der Waals surface area (Å²) in [6.45, 7) is 2.49. The zero-order valence-electron chi connectivity index (χ0n) is 13.1. The van der Waals surface area contributed by atoms with Crippen LogP contribution in [0.2, 0.25) is 0 Å². The summed E-state index contributed by atoms with van der Waals surface area (Å²) in [6, 6.07) is 0. The molecule has 5 aliphatic rings. The number of ketones is 2. The van der Waals surface area contributed by atoms with Gasteiger partial charge < -0.3 is 0 Å². The highest BCUT2D eigenvalue weighted by Gasteiger charge is 2.79. The summed E-state index contributed by atoms with van der Waals surface area (Å²) in [4.78, 5) is 24.3. The number of rotatable bonds is 0. The molecule has 2 heteroatoms. The summed E-state index contributed by atoms with van der Waals surface area (Å²) >= 11 is 0. The number of carbonyl (C=O) groups excluding carboxylic acids is 2. The lowest BCUT2D eigenvalue weighted by Crippen LogP contribution is -2.51. The SMILES string of the molecule is CC12CCC(=O)CC1CCC1C2CCC23CC12CCC3=O. The van der Waals surface area contributed by atoms with E-state index >= 15 is 0 Å². The van der Waals surface area contributed by atoms with Gasteiger partial charge in [0.2, 0.25) is 0 Å². The van der Waals surface area contributed by atoms with Crippen molar-refractivity contribution in [2.75, 3.05) is 0 Å². The smallest absolute Gasteiger partial charge is 0.139 e. The molecule has 6 unspecified atom stereocenters. The van der Waals surface area contributed by atoms with E-state index in [2.05, 4.69) is 6.92 Å². The number of hydrogen-bond acceptors (Lipinski definition) is 2. The van der Waals surface area contributed by atoms with Crippen LogP contribution in [0.15, 0.2) is 0 Å². The van der Waals surface area contributed by atoms with Gasteiger partial charge in [-0.05, 0) is 73.5 Å². The van der Waals surface area contributed by atoms with Gasteiger partial charge in [0, 0.05) is 24.7 Å². The minimum absolute atomic E-state index is 0.141. The maximum atomic E-state index is 12.4. The normalized spacial score (nSPS) is 58.0. The molecule has 0 saturated heterocycles. The van der Waals surface area contributed by atoms with Crippen LogP contribution < -0.4 is 0 Å². The summed E-state index contributed by atoms with van der Waals surface area (Å²) in [7, 11) is 0. The molecule has 2 nitrogen and oxygen atoms in total. The van der Waals surface area contributed by atoms with Crippen LogP contribution in [-0.2, 0) is 9.59 Å². The molecule has 0 spiro atoms. The van der Waals surface area contributed by atoms with Crippen molar-refractivity contribution in [1.29, 1.82) is 0 Å². The lowest BCUT2D eigenvalue weighted by Gasteiger charge is -2.57. The Bertz CT molecular complexity index is 552. The monoisotopic (exact) mass is 286 g/mol. The molecule has 0 aromatic heterocycles. The van der Waals surface area contributed by atoms with Crippen molar-refractivity contribution in [2.45, 2.75) is 71.1 Å². The molecular weight excluding hydrogens is 260 g/mol. The topological polar surface area (TPSA) is 34.1 Å². The maximum absolute atomic E-state index is 12.4. The Hall–Kier alpha value is -0.660. The van der Waals surface area contributed by atoms with Crippen LogP contribution in [-0.4, -0.2) is 11.6 Å². The van der Waals surface area contributed by atoms with Gasteiger partial charge in [-0.3, -0.25) is 9.59 Å². The minimum Gasteiger partial charge on any atom is -0.300 e. The fourth-order valence-electron chi connectivity index (χ4n) is 7.70. The minimum atomic E-state index is 0.141. The molecule has 5 saturated carbocycles. The molecule has 0 amide bonds. The third-order valence-electron chi connectivity index (χ3n) is 8.88. The number of hydrogen-bond donors (Lipinski definition) is 0. The molecule has 0 aromatic rings. The second-order valence-corrected chi connectivity index (χ2v) is 9.11. The van der Waals surface area contributed by atoms with Gasteiger partial charge in [-0.1, -0.05) is 6.92 Å². The van der Waals surface area contributed by atoms with Crippen molar-refractivity contribution in [3.63, 3.8) is 0 Å². The van der Waals surface area contributed by atoms with Gasteiger partial charge in [-0.15, -0.1) is 0 Å². The van der Waals surface area contributed by atoms with Gasteiger partial charge in [-0.25, -0.2) is 0 Å². The molecule has 6 atom stereocenters. The highest BCUT2D eigenvalue weighted by Crippen LogP contribution is 2.83. The first kappa shape index (κ1) is 12.8. The van der Waals surface area contributed by atoms with Crippen LogP contribution in [0.25, 0.3) is 0 Å². The third-order valence-corrected chi connectivity index (χ3v) is 8.88. The van der Waals surface area contributed by atoms with Gasteiger partial charge in [-0.2, -0.15) is 0 Å². The predicted molar refractivity (Wildman–Crippen MR) is 79.6 cm³/mol. The fourth-order valence-corrected chi connectivity index (χ4v) is 7.70. The van der Waals surface area contributed by atoms with E-state index in [0.717, 1.165) is 37.5 Å². The van der Waals surface area contributed by atoms with Crippen molar-refractivity contribution in [2.24, 2.45) is 34.0 Å². The Balaban J connectivity index is 1.52. The zero-order valence-corrected chi connectivity index (χ0v) is 13.1. The van der Waals surface area contributed by atoms with Crippen LogP contribution >= 0.6 is 0 Å². The molecule has 0 aliphatic heterocycles. The van der Waals surface area contributed by atoms with Gasteiger partial charge >= 0.3 is 0 Å². The van der Waals surface area contributed by atoms with Crippen molar-refractivity contribution in [3.05, 3.63) is 0 Å². The van der Waals surface area contributed by atoms with Crippen LogP contribution in [0.1, 0.15) is 71.1 Å². The van der Waals surface area contributed by atoms with E-state index in [0.29, 0.717) is 28.3 Å². The van der Waals surface area contributed by atoms with Gasteiger partial charge in [0.25, 0.3) is 0 Å². The zero-order chi connectivity index (χ0) is 14.5. The highest BCUT2D eigenvalue weighted by atomic mass is 16.1. The summed E-state index contributed by atoms with van der Waals surface area (Å²) in [5, 5.41) is 0. The second kappa shape index (κ2) is 3.63. The van der Waals surface area contributed by atoms with E-state index < -0.39 is 0 Å². The average Bonchev–Trinajstić information content (AvgIpc) is 3.08. The van der Waals surface area contributed by atoms with Crippen LogP contribution in [0, 0.1) is 34.0 Å². The summed E-state index contributed by atoms with van der Waals surface area (Å²) in [5.41, 5.74) is 0.955. The Kier molecular flexibility index (Phi) is 2.22. The molecule has 5 aliphatic carbocycles.